The van der Waals surface area contributed by atoms with Crippen LogP contribution in [0.4, 0.5) is 0 Å². The van der Waals surface area contributed by atoms with Crippen molar-refractivity contribution in [2.45, 2.75) is 31.8 Å². The molecule has 0 aromatic heterocycles. The molecule has 2 rings (SSSR count). The van der Waals surface area contributed by atoms with Crippen LogP contribution in [-0.2, 0) is 14.9 Å². The molecule has 82 valence electrons. The molecule has 0 aromatic rings. The molecule has 0 aliphatic heterocycles. The molecule has 3 atom stereocenters. The summed E-state index contributed by atoms with van der Waals surface area (Å²) < 4.78 is 36.4. The predicted octanol–water partition coefficient (Wildman–Crippen LogP) is 0.737. The summed E-state index contributed by atoms with van der Waals surface area (Å²) in [6.45, 7) is 0.0692. The van der Waals surface area contributed by atoms with Crippen LogP contribution in [0.5, 0.6) is 0 Å². The van der Waals surface area contributed by atoms with Gasteiger partial charge in [-0.05, 0) is 37.5 Å². The molecule has 2 aliphatic rings. The molecule has 2 saturated carbocycles. The van der Waals surface area contributed by atoms with Gasteiger partial charge >= 0.3 is 0 Å². The van der Waals surface area contributed by atoms with Gasteiger partial charge in [-0.2, -0.15) is 0 Å². The number of fused-ring (bicyclic) bond motifs is 2. The van der Waals surface area contributed by atoms with E-state index in [2.05, 4.69) is 0 Å². The van der Waals surface area contributed by atoms with Gasteiger partial charge in [-0.25, -0.2) is 8.42 Å². The minimum atomic E-state index is -4.10. The summed E-state index contributed by atoms with van der Waals surface area (Å²) in [5.41, 5.74) is 0. The first-order chi connectivity index (χ1) is 6.54. The molecule has 0 radical (unpaired) electrons. The fourth-order valence-corrected chi connectivity index (χ4v) is 2.99. The average molecular weight is 219 g/mol. The SMILES string of the molecule is O=S(=O)([O-])CCOC1CC2CCC1C2. The molecular formula is C9H15O4S-. The topological polar surface area (TPSA) is 66.4 Å². The van der Waals surface area contributed by atoms with Gasteiger partial charge in [-0.15, -0.1) is 0 Å². The first kappa shape index (κ1) is 10.4. The third kappa shape index (κ3) is 2.46. The van der Waals surface area contributed by atoms with Crippen molar-refractivity contribution >= 4 is 10.1 Å². The van der Waals surface area contributed by atoms with Crippen molar-refractivity contribution < 1.29 is 17.7 Å². The first-order valence-corrected chi connectivity index (χ1v) is 6.67. The summed E-state index contributed by atoms with van der Waals surface area (Å²) in [6, 6.07) is 0. The zero-order chi connectivity index (χ0) is 10.2. The van der Waals surface area contributed by atoms with E-state index in [1.807, 2.05) is 0 Å². The number of rotatable bonds is 4. The normalized spacial score (nSPS) is 36.5. The molecule has 0 N–H and O–H groups in total. The fraction of sp³-hybridized carbons (Fsp3) is 1.00. The largest absolute Gasteiger partial charge is 0.748 e. The third-order valence-electron chi connectivity index (χ3n) is 3.34. The van der Waals surface area contributed by atoms with Gasteiger partial charge in [0.05, 0.1) is 28.6 Å². The van der Waals surface area contributed by atoms with Gasteiger partial charge in [0.2, 0.25) is 0 Å². The second-order valence-electron chi connectivity index (χ2n) is 4.35. The molecule has 14 heavy (non-hydrogen) atoms. The second kappa shape index (κ2) is 3.79. The molecule has 0 amide bonds. The third-order valence-corrected chi connectivity index (χ3v) is 4.01. The Bertz CT molecular complexity index is 298. The number of hydrogen-bond acceptors (Lipinski definition) is 4. The van der Waals surface area contributed by atoms with E-state index in [0.717, 1.165) is 12.3 Å². The maximum absolute atomic E-state index is 10.3. The van der Waals surface area contributed by atoms with E-state index < -0.39 is 10.1 Å². The Labute approximate surface area is 84.4 Å². The second-order valence-corrected chi connectivity index (χ2v) is 5.87. The van der Waals surface area contributed by atoms with Gasteiger partial charge in [0.1, 0.15) is 0 Å². The minimum absolute atomic E-state index is 0.0692. The van der Waals surface area contributed by atoms with Gasteiger partial charge in [-0.3, -0.25) is 0 Å². The standard InChI is InChI=1S/C9H16O4S/c10-14(11,12)4-3-13-9-6-7-1-2-8(9)5-7/h7-9H,1-6H2,(H,10,11,12)/p-1. The lowest BCUT2D eigenvalue weighted by Gasteiger charge is -2.22. The Morgan fingerprint density at radius 1 is 1.29 bits per heavy atom. The van der Waals surface area contributed by atoms with E-state index in [1.54, 1.807) is 0 Å². The molecule has 2 aliphatic carbocycles. The van der Waals surface area contributed by atoms with E-state index in [0.29, 0.717) is 5.92 Å². The van der Waals surface area contributed by atoms with Gasteiger partial charge < -0.3 is 9.29 Å². The Morgan fingerprint density at radius 3 is 2.57 bits per heavy atom. The Balaban J connectivity index is 1.72. The van der Waals surface area contributed by atoms with Crippen LogP contribution in [0.25, 0.3) is 0 Å². The maximum Gasteiger partial charge on any atom is 0.0968 e. The van der Waals surface area contributed by atoms with Crippen LogP contribution in [0.1, 0.15) is 25.7 Å². The lowest BCUT2D eigenvalue weighted by molar-refractivity contribution is 0.0251. The zero-order valence-electron chi connectivity index (χ0n) is 8.02. The number of hydrogen-bond donors (Lipinski definition) is 0. The highest BCUT2D eigenvalue weighted by atomic mass is 32.2. The summed E-state index contributed by atoms with van der Waals surface area (Å²) in [6.07, 6.45) is 5.01. The highest BCUT2D eigenvalue weighted by Crippen LogP contribution is 2.45. The van der Waals surface area contributed by atoms with Crippen LogP contribution in [0.3, 0.4) is 0 Å². The van der Waals surface area contributed by atoms with Crippen molar-refractivity contribution in [3.8, 4) is 0 Å². The van der Waals surface area contributed by atoms with Crippen molar-refractivity contribution in [3.05, 3.63) is 0 Å². The van der Waals surface area contributed by atoms with E-state index >= 15 is 0 Å². The van der Waals surface area contributed by atoms with E-state index in [1.165, 1.54) is 19.3 Å². The smallest absolute Gasteiger partial charge is 0.0968 e. The first-order valence-electron chi connectivity index (χ1n) is 5.10. The molecule has 0 heterocycles. The molecular weight excluding hydrogens is 204 g/mol. The van der Waals surface area contributed by atoms with Gasteiger partial charge in [0.15, 0.2) is 0 Å². The molecule has 5 heteroatoms. The van der Waals surface area contributed by atoms with Crippen molar-refractivity contribution in [2.24, 2.45) is 11.8 Å². The summed E-state index contributed by atoms with van der Waals surface area (Å²) in [7, 11) is -4.10. The zero-order valence-corrected chi connectivity index (χ0v) is 8.83. The minimum Gasteiger partial charge on any atom is -0.748 e. The van der Waals surface area contributed by atoms with Crippen molar-refractivity contribution in [3.63, 3.8) is 0 Å². The highest BCUT2D eigenvalue weighted by molar-refractivity contribution is 7.85. The lowest BCUT2D eigenvalue weighted by Crippen LogP contribution is -2.23. The van der Waals surface area contributed by atoms with E-state index in [4.69, 9.17) is 4.74 Å². The predicted molar refractivity (Wildman–Crippen MR) is 49.8 cm³/mol. The lowest BCUT2D eigenvalue weighted by atomic mass is 9.98. The van der Waals surface area contributed by atoms with E-state index in [9.17, 15) is 13.0 Å². The maximum atomic E-state index is 10.3. The van der Waals surface area contributed by atoms with Crippen LogP contribution in [0, 0.1) is 11.8 Å². The molecule has 0 saturated heterocycles. The highest BCUT2D eigenvalue weighted by Gasteiger charge is 2.39. The fourth-order valence-electron chi connectivity index (χ4n) is 2.69. The summed E-state index contributed by atoms with van der Waals surface area (Å²) in [5, 5.41) is 0. The molecule has 2 fully saturated rings. The molecule has 3 unspecified atom stereocenters. The summed E-state index contributed by atoms with van der Waals surface area (Å²) >= 11 is 0. The van der Waals surface area contributed by atoms with Gasteiger partial charge in [0, 0.05) is 0 Å². The number of ether oxygens (including phenoxy) is 1. The Kier molecular flexibility index (Phi) is 2.81. The monoisotopic (exact) mass is 219 g/mol. The summed E-state index contributed by atoms with van der Waals surface area (Å²) in [5.74, 6) is 1.02. The van der Waals surface area contributed by atoms with Crippen LogP contribution < -0.4 is 0 Å². The van der Waals surface area contributed by atoms with Crippen LogP contribution >= 0.6 is 0 Å². The van der Waals surface area contributed by atoms with Gasteiger partial charge in [-0.1, -0.05) is 0 Å². The van der Waals surface area contributed by atoms with Crippen LogP contribution in [0.15, 0.2) is 0 Å². The van der Waals surface area contributed by atoms with Crippen molar-refractivity contribution in [2.75, 3.05) is 12.4 Å². The summed E-state index contributed by atoms with van der Waals surface area (Å²) in [4.78, 5) is 0. The average Bonchev–Trinajstić information content (AvgIpc) is 2.62. The molecule has 4 nitrogen and oxygen atoms in total. The molecule has 2 bridgehead atoms. The van der Waals surface area contributed by atoms with Crippen molar-refractivity contribution in [1.82, 2.24) is 0 Å². The molecule has 0 spiro atoms. The van der Waals surface area contributed by atoms with Gasteiger partial charge in [0.25, 0.3) is 0 Å². The Morgan fingerprint density at radius 2 is 2.07 bits per heavy atom. The molecule has 0 aromatic carbocycles. The van der Waals surface area contributed by atoms with Crippen LogP contribution in [0.2, 0.25) is 0 Å². The van der Waals surface area contributed by atoms with Crippen LogP contribution in [-0.4, -0.2) is 31.4 Å². The Hall–Kier alpha value is -0.130. The quantitative estimate of drug-likeness (QED) is 0.654. The van der Waals surface area contributed by atoms with Crippen molar-refractivity contribution in [1.29, 1.82) is 0 Å². The van der Waals surface area contributed by atoms with E-state index in [-0.39, 0.29) is 18.5 Å².